The summed E-state index contributed by atoms with van der Waals surface area (Å²) >= 11 is 0. The zero-order valence-corrected chi connectivity index (χ0v) is 12.9. The van der Waals surface area contributed by atoms with Gasteiger partial charge in [-0.05, 0) is 16.3 Å². The van der Waals surface area contributed by atoms with E-state index >= 15 is 0 Å². The molecule has 0 spiro atoms. The first-order valence-electron chi connectivity index (χ1n) is 5.77. The molecule has 0 bridgehead atoms. The Labute approximate surface area is 137 Å². The first kappa shape index (κ1) is 14.6. The molecule has 0 aliphatic rings. The van der Waals surface area contributed by atoms with Gasteiger partial charge in [-0.2, -0.15) is 5.21 Å². The number of rotatable bonds is 3. The quantitative estimate of drug-likeness (QED) is 0.508. The molecule has 3 rings (SSSR count). The summed E-state index contributed by atoms with van der Waals surface area (Å²) in [5.41, 5.74) is 3.56. The molecule has 0 aliphatic heterocycles. The largest absolute Gasteiger partial charge is 1.00 e. The van der Waals surface area contributed by atoms with Crippen LogP contribution < -0.4 is 29.6 Å². The zero-order valence-electron chi connectivity index (χ0n) is 10.9. The van der Waals surface area contributed by atoms with Crippen LogP contribution in [0.2, 0.25) is 0 Å². The smallest absolute Gasteiger partial charge is 0.298 e. The Kier molecular flexibility index (Phi) is 4.79. The molecule has 1 N–H and O–H groups in total. The predicted molar refractivity (Wildman–Crippen MR) is 70.4 cm³/mol. The average molecular weight is 273 g/mol. The Bertz CT molecular complexity index is 695. The topological polar surface area (TPSA) is 71.5 Å². The van der Waals surface area contributed by atoms with Crippen LogP contribution in [0.3, 0.4) is 0 Å². The van der Waals surface area contributed by atoms with Crippen LogP contribution >= 0.6 is 0 Å². The summed E-state index contributed by atoms with van der Waals surface area (Å²) in [6.07, 6.45) is 0.828. The van der Waals surface area contributed by atoms with Gasteiger partial charge in [0.2, 0.25) is 5.82 Å². The molecule has 1 aromatic heterocycles. The molecule has 0 amide bonds. The van der Waals surface area contributed by atoms with Gasteiger partial charge in [-0.25, -0.2) is 0 Å². The number of nitrogens with one attached hydrogen (secondary N) is 1. The summed E-state index contributed by atoms with van der Waals surface area (Å²) < 4.78 is 0. The SMILES string of the molecule is O=Cc1ccc(-c2ccccc2-c2nn[nH]n2)cc1.[Na+]. The van der Waals surface area contributed by atoms with Crippen LogP contribution in [0.5, 0.6) is 0 Å². The number of aromatic nitrogens is 4. The molecule has 92 valence electrons. The van der Waals surface area contributed by atoms with Crippen LogP contribution in [-0.4, -0.2) is 26.9 Å². The molecule has 0 radical (unpaired) electrons. The van der Waals surface area contributed by atoms with Crippen LogP contribution in [0.15, 0.2) is 48.5 Å². The van der Waals surface area contributed by atoms with Gasteiger partial charge in [-0.1, -0.05) is 48.5 Å². The van der Waals surface area contributed by atoms with Gasteiger partial charge in [0.25, 0.3) is 0 Å². The number of benzene rings is 2. The molecule has 2 aromatic carbocycles. The van der Waals surface area contributed by atoms with Gasteiger partial charge < -0.3 is 0 Å². The van der Waals surface area contributed by atoms with Gasteiger partial charge in [0, 0.05) is 11.1 Å². The Hall–Kier alpha value is -1.82. The van der Waals surface area contributed by atoms with Gasteiger partial charge in [-0.3, -0.25) is 4.79 Å². The number of carbonyl (C=O) groups excluding carboxylic acids is 1. The van der Waals surface area contributed by atoms with Gasteiger partial charge in [0.05, 0.1) is 0 Å². The van der Waals surface area contributed by atoms with Gasteiger partial charge >= 0.3 is 29.6 Å². The number of aromatic amines is 1. The Morgan fingerprint density at radius 3 is 2.25 bits per heavy atom. The predicted octanol–water partition coefficient (Wildman–Crippen LogP) is -0.650. The second-order valence-corrected chi connectivity index (χ2v) is 4.02. The monoisotopic (exact) mass is 273 g/mol. The molecular weight excluding hydrogens is 263 g/mol. The van der Waals surface area contributed by atoms with E-state index in [4.69, 9.17) is 0 Å². The van der Waals surface area contributed by atoms with Crippen molar-refractivity contribution in [3.05, 3.63) is 54.1 Å². The fourth-order valence-corrected chi connectivity index (χ4v) is 1.95. The van der Waals surface area contributed by atoms with Crippen LogP contribution in [0.1, 0.15) is 10.4 Å². The van der Waals surface area contributed by atoms with E-state index in [-0.39, 0.29) is 29.6 Å². The number of carbonyl (C=O) groups is 1. The van der Waals surface area contributed by atoms with E-state index in [0.29, 0.717) is 11.4 Å². The van der Waals surface area contributed by atoms with Crippen molar-refractivity contribution in [1.29, 1.82) is 0 Å². The molecule has 20 heavy (non-hydrogen) atoms. The summed E-state index contributed by atoms with van der Waals surface area (Å²) in [6, 6.07) is 15.2. The van der Waals surface area contributed by atoms with E-state index in [1.807, 2.05) is 36.4 Å². The molecular formula is C14H10N4NaO+. The molecule has 0 saturated carbocycles. The maximum Gasteiger partial charge on any atom is 1.00 e. The van der Waals surface area contributed by atoms with Crippen molar-refractivity contribution in [3.63, 3.8) is 0 Å². The Morgan fingerprint density at radius 1 is 0.950 bits per heavy atom. The van der Waals surface area contributed by atoms with E-state index in [0.717, 1.165) is 23.0 Å². The normalized spacial score (nSPS) is 9.80. The van der Waals surface area contributed by atoms with E-state index in [1.165, 1.54) is 0 Å². The minimum Gasteiger partial charge on any atom is -0.298 e. The van der Waals surface area contributed by atoms with Crippen LogP contribution in [0.25, 0.3) is 22.5 Å². The first-order valence-corrected chi connectivity index (χ1v) is 5.77. The van der Waals surface area contributed by atoms with Gasteiger partial charge in [0.1, 0.15) is 6.29 Å². The van der Waals surface area contributed by atoms with E-state index in [2.05, 4.69) is 20.6 Å². The third kappa shape index (κ3) is 2.85. The van der Waals surface area contributed by atoms with Gasteiger partial charge in [-0.15, -0.1) is 10.2 Å². The van der Waals surface area contributed by atoms with Crippen molar-refractivity contribution in [2.75, 3.05) is 0 Å². The van der Waals surface area contributed by atoms with Crippen molar-refractivity contribution in [2.45, 2.75) is 0 Å². The molecule has 6 heteroatoms. The van der Waals surface area contributed by atoms with Crippen molar-refractivity contribution >= 4 is 6.29 Å². The number of tetrazole rings is 1. The fraction of sp³-hybridized carbons (Fsp3) is 0. The van der Waals surface area contributed by atoms with Crippen LogP contribution in [0, 0.1) is 0 Å². The van der Waals surface area contributed by atoms with E-state index in [9.17, 15) is 4.79 Å². The minimum absolute atomic E-state index is 0. The molecule has 0 fully saturated rings. The molecule has 3 aromatic rings. The summed E-state index contributed by atoms with van der Waals surface area (Å²) in [7, 11) is 0. The summed E-state index contributed by atoms with van der Waals surface area (Å²) in [6.45, 7) is 0. The summed E-state index contributed by atoms with van der Waals surface area (Å²) in [5, 5.41) is 14.0. The van der Waals surface area contributed by atoms with Crippen molar-refractivity contribution in [2.24, 2.45) is 0 Å². The number of aldehydes is 1. The summed E-state index contributed by atoms with van der Waals surface area (Å²) in [5.74, 6) is 0.551. The minimum atomic E-state index is 0. The second kappa shape index (κ2) is 6.56. The molecule has 0 saturated heterocycles. The maximum absolute atomic E-state index is 10.7. The second-order valence-electron chi connectivity index (χ2n) is 4.02. The first-order chi connectivity index (χ1) is 9.38. The Morgan fingerprint density at radius 2 is 1.65 bits per heavy atom. The number of hydrogen-bond donors (Lipinski definition) is 1. The van der Waals surface area contributed by atoms with E-state index < -0.39 is 0 Å². The molecule has 0 aliphatic carbocycles. The standard InChI is InChI=1S/C14H10N4O.Na/c19-9-10-5-7-11(8-6-10)12-3-1-2-4-13(12)14-15-17-18-16-14;/h1-9H,(H,15,16,17,18);/q;+1. The zero-order chi connectivity index (χ0) is 13.1. The van der Waals surface area contributed by atoms with Crippen LogP contribution in [-0.2, 0) is 0 Å². The molecule has 5 nitrogen and oxygen atoms in total. The van der Waals surface area contributed by atoms with Crippen LogP contribution in [0.4, 0.5) is 0 Å². The molecule has 0 atom stereocenters. The molecule has 0 unspecified atom stereocenters. The number of H-pyrrole nitrogens is 1. The fourth-order valence-electron chi connectivity index (χ4n) is 1.95. The van der Waals surface area contributed by atoms with Crippen molar-refractivity contribution in [1.82, 2.24) is 20.6 Å². The third-order valence-corrected chi connectivity index (χ3v) is 2.87. The number of nitrogens with zero attached hydrogens (tertiary/aromatic N) is 3. The average Bonchev–Trinajstić information content (AvgIpc) is 3.01. The molecule has 1 heterocycles. The summed E-state index contributed by atoms with van der Waals surface area (Å²) in [4.78, 5) is 10.7. The van der Waals surface area contributed by atoms with Crippen molar-refractivity contribution < 1.29 is 34.4 Å². The van der Waals surface area contributed by atoms with E-state index in [1.54, 1.807) is 12.1 Å². The number of hydrogen-bond acceptors (Lipinski definition) is 4. The Balaban J connectivity index is 0.00000147. The third-order valence-electron chi connectivity index (χ3n) is 2.87. The maximum atomic E-state index is 10.7. The van der Waals surface area contributed by atoms with Crippen molar-refractivity contribution in [3.8, 4) is 22.5 Å². The van der Waals surface area contributed by atoms with Gasteiger partial charge in [0.15, 0.2) is 0 Å².